The second-order valence-corrected chi connectivity index (χ2v) is 7.95. The van der Waals surface area contributed by atoms with Crippen LogP contribution in [0, 0.1) is 11.7 Å². The number of rotatable bonds is 3. The molecule has 1 atom stereocenters. The van der Waals surface area contributed by atoms with Crippen molar-refractivity contribution >= 4 is 35.2 Å². The minimum Gasteiger partial charge on any atom is -0.469 e. The molecule has 0 saturated heterocycles. The Bertz CT molecular complexity index is 1060. The second-order valence-electron chi connectivity index (χ2n) is 7.54. The van der Waals surface area contributed by atoms with E-state index >= 15 is 0 Å². The monoisotopic (exact) mass is 465 g/mol. The van der Waals surface area contributed by atoms with Crippen LogP contribution in [0.25, 0.3) is 0 Å². The van der Waals surface area contributed by atoms with E-state index in [-0.39, 0.29) is 49.2 Å². The lowest BCUT2D eigenvalue weighted by molar-refractivity contribution is -0.141. The molecule has 2 aromatic rings. The number of ether oxygens (including phenoxy) is 1. The number of hydrogen-bond acceptors (Lipinski definition) is 5. The molecule has 0 bridgehead atoms. The van der Waals surface area contributed by atoms with Crippen molar-refractivity contribution in [2.24, 2.45) is 5.92 Å². The minimum absolute atomic E-state index is 0. The molecule has 1 aromatic carbocycles. The van der Waals surface area contributed by atoms with Gasteiger partial charge in [-0.1, -0.05) is 19.0 Å². The Labute approximate surface area is 189 Å². The van der Waals surface area contributed by atoms with Crippen LogP contribution in [0.1, 0.15) is 35.6 Å². The fraction of sp³-hybridized carbons (Fsp3) is 0.429. The first-order chi connectivity index (χ1) is 14.9. The molecule has 3 amide bonds. The quantitative estimate of drug-likeness (QED) is 0.678. The molecule has 2 aliphatic rings. The van der Waals surface area contributed by atoms with Crippen molar-refractivity contribution in [3.05, 3.63) is 46.0 Å². The fourth-order valence-corrected chi connectivity index (χ4v) is 4.03. The van der Waals surface area contributed by atoms with Crippen LogP contribution in [0.3, 0.4) is 0 Å². The second kappa shape index (κ2) is 9.56. The van der Waals surface area contributed by atoms with Gasteiger partial charge in [0.25, 0.3) is 5.91 Å². The number of carbonyl (C=O) groups excluding carboxylic acids is 3. The average molecular weight is 466 g/mol. The summed E-state index contributed by atoms with van der Waals surface area (Å²) in [4.78, 5) is 38.6. The number of anilines is 1. The van der Waals surface area contributed by atoms with Crippen molar-refractivity contribution in [1.82, 2.24) is 20.0 Å². The first kappa shape index (κ1) is 23.5. The van der Waals surface area contributed by atoms with Crippen molar-refractivity contribution < 1.29 is 23.5 Å². The van der Waals surface area contributed by atoms with Crippen LogP contribution >= 0.6 is 11.6 Å². The smallest absolute Gasteiger partial charge is 0.322 e. The molecule has 0 fully saturated rings. The van der Waals surface area contributed by atoms with Gasteiger partial charge in [0.15, 0.2) is 0 Å². The Morgan fingerprint density at radius 1 is 1.41 bits per heavy atom. The topological polar surface area (TPSA) is 106 Å². The third-order valence-corrected chi connectivity index (χ3v) is 5.73. The van der Waals surface area contributed by atoms with Gasteiger partial charge in [-0.15, -0.1) is 0 Å². The first-order valence-corrected chi connectivity index (χ1v) is 10.2. The number of hydrogen-bond donors (Lipinski definition) is 2. The van der Waals surface area contributed by atoms with E-state index in [1.807, 2.05) is 0 Å². The van der Waals surface area contributed by atoms with Gasteiger partial charge in [-0.2, -0.15) is 5.10 Å². The summed E-state index contributed by atoms with van der Waals surface area (Å²) in [7, 11) is 1.33. The van der Waals surface area contributed by atoms with Gasteiger partial charge in [-0.25, -0.2) is 9.18 Å². The normalized spacial score (nSPS) is 17.3. The molecule has 4 rings (SSSR count). The molecule has 9 nitrogen and oxygen atoms in total. The largest absolute Gasteiger partial charge is 0.469 e. The molecule has 2 N–H and O–H groups in total. The number of urea groups is 1. The highest BCUT2D eigenvalue weighted by atomic mass is 35.5. The van der Waals surface area contributed by atoms with Gasteiger partial charge in [0.05, 0.1) is 30.8 Å². The van der Waals surface area contributed by atoms with Gasteiger partial charge in [-0.05, 0) is 18.2 Å². The lowest BCUT2D eigenvalue weighted by Crippen LogP contribution is -2.39. The Morgan fingerprint density at radius 3 is 2.91 bits per heavy atom. The number of nitrogens with one attached hydrogen (secondary N) is 2. The third kappa shape index (κ3) is 4.69. The van der Waals surface area contributed by atoms with Gasteiger partial charge in [0.2, 0.25) is 0 Å². The summed E-state index contributed by atoms with van der Waals surface area (Å²) in [5.41, 5.74) is 2.23. The van der Waals surface area contributed by atoms with Crippen LogP contribution in [0.4, 0.5) is 14.9 Å². The SMILES string of the molecule is C.COC(=O)CC1CNC(=O)c2c3c(nn2C1)CCN(C(=O)Nc1ccc(F)c(Cl)c1)C3. The maximum atomic E-state index is 13.3. The molecule has 11 heteroatoms. The zero-order valence-electron chi connectivity index (χ0n) is 16.8. The van der Waals surface area contributed by atoms with E-state index in [9.17, 15) is 18.8 Å². The first-order valence-electron chi connectivity index (χ1n) is 9.80. The van der Waals surface area contributed by atoms with Crippen molar-refractivity contribution in [1.29, 1.82) is 0 Å². The van der Waals surface area contributed by atoms with Crippen LogP contribution < -0.4 is 10.6 Å². The van der Waals surface area contributed by atoms with Crippen LogP contribution in [0.15, 0.2) is 18.2 Å². The number of halogens is 2. The van der Waals surface area contributed by atoms with Crippen LogP contribution in [0.5, 0.6) is 0 Å². The maximum absolute atomic E-state index is 13.3. The number of aromatic nitrogens is 2. The van der Waals surface area contributed by atoms with E-state index in [0.717, 1.165) is 5.69 Å². The molecule has 1 aromatic heterocycles. The number of methoxy groups -OCH3 is 1. The van der Waals surface area contributed by atoms with Crippen molar-refractivity contribution in [3.63, 3.8) is 0 Å². The lowest BCUT2D eigenvalue weighted by atomic mass is 10.1. The van der Waals surface area contributed by atoms with Crippen molar-refractivity contribution in [2.45, 2.75) is 33.4 Å². The molecule has 0 saturated carbocycles. The predicted octanol–water partition coefficient (Wildman–Crippen LogP) is 2.82. The number of carbonyl (C=O) groups is 3. The Balaban J connectivity index is 0.00000289. The number of nitrogens with zero attached hydrogens (tertiary/aromatic N) is 3. The summed E-state index contributed by atoms with van der Waals surface area (Å²) in [6, 6.07) is 3.56. The van der Waals surface area contributed by atoms with E-state index in [4.69, 9.17) is 16.3 Å². The highest BCUT2D eigenvalue weighted by molar-refractivity contribution is 6.31. The van der Waals surface area contributed by atoms with Gasteiger partial charge < -0.3 is 20.3 Å². The number of benzene rings is 1. The number of amides is 3. The summed E-state index contributed by atoms with van der Waals surface area (Å²) >= 11 is 5.77. The van der Waals surface area contributed by atoms with E-state index < -0.39 is 5.82 Å². The van der Waals surface area contributed by atoms with Crippen LogP contribution in [-0.4, -0.2) is 52.8 Å². The summed E-state index contributed by atoms with van der Waals surface area (Å²) in [5.74, 6) is -1.33. The van der Waals surface area contributed by atoms with Gasteiger partial charge in [0, 0.05) is 43.2 Å². The van der Waals surface area contributed by atoms with E-state index in [0.29, 0.717) is 43.0 Å². The van der Waals surface area contributed by atoms with Gasteiger partial charge in [0.1, 0.15) is 11.5 Å². The number of fused-ring (bicyclic) bond motifs is 3. The molecule has 0 spiro atoms. The molecule has 0 radical (unpaired) electrons. The Hall–Kier alpha value is -3.14. The third-order valence-electron chi connectivity index (χ3n) is 5.44. The van der Waals surface area contributed by atoms with Crippen LogP contribution in [0.2, 0.25) is 5.02 Å². The van der Waals surface area contributed by atoms with E-state index in [1.165, 1.54) is 25.3 Å². The molecule has 172 valence electrons. The van der Waals surface area contributed by atoms with Crippen molar-refractivity contribution in [2.75, 3.05) is 25.5 Å². The zero-order chi connectivity index (χ0) is 22.1. The highest BCUT2D eigenvalue weighted by Crippen LogP contribution is 2.26. The lowest BCUT2D eigenvalue weighted by Gasteiger charge is -2.27. The maximum Gasteiger partial charge on any atom is 0.322 e. The molecule has 2 aliphatic heterocycles. The molecule has 1 unspecified atom stereocenters. The summed E-state index contributed by atoms with van der Waals surface area (Å²) in [5, 5.41) is 10.0. The van der Waals surface area contributed by atoms with Crippen LogP contribution in [-0.2, 0) is 29.0 Å². The summed E-state index contributed by atoms with van der Waals surface area (Å²) in [6.07, 6.45) is 0.664. The molecule has 3 heterocycles. The summed E-state index contributed by atoms with van der Waals surface area (Å²) < 4.78 is 19.7. The highest BCUT2D eigenvalue weighted by Gasteiger charge is 2.33. The average Bonchev–Trinajstić information content (AvgIpc) is 3.03. The summed E-state index contributed by atoms with van der Waals surface area (Å²) in [6.45, 7) is 1.36. The van der Waals surface area contributed by atoms with Gasteiger partial charge in [-0.3, -0.25) is 14.3 Å². The van der Waals surface area contributed by atoms with E-state index in [1.54, 1.807) is 9.58 Å². The van der Waals surface area contributed by atoms with Gasteiger partial charge >= 0.3 is 12.0 Å². The zero-order valence-corrected chi connectivity index (χ0v) is 17.5. The van der Waals surface area contributed by atoms with Crippen molar-refractivity contribution in [3.8, 4) is 0 Å². The van der Waals surface area contributed by atoms with E-state index in [2.05, 4.69) is 15.7 Å². The number of esters is 1. The predicted molar refractivity (Wildman–Crippen MR) is 116 cm³/mol. The molecule has 32 heavy (non-hydrogen) atoms. The Morgan fingerprint density at radius 2 is 2.19 bits per heavy atom. The minimum atomic E-state index is -0.568. The molecule has 0 aliphatic carbocycles. The standard InChI is InChI=1S/C20H21ClFN5O4.CH4/c1-31-17(28)6-11-8-23-19(29)18-13-10-26(5-4-16(13)25-27(18)9-11)20(30)24-12-2-3-15(22)14(21)7-12;/h2-3,7,11H,4-6,8-10H2,1H3,(H,23,29)(H,24,30);1H4. The Kier molecular flexibility index (Phi) is 7.02. The molecular formula is C21H25ClFN5O4. The fourth-order valence-electron chi connectivity index (χ4n) is 3.85. The molecular weight excluding hydrogens is 441 g/mol.